The van der Waals surface area contributed by atoms with Crippen LogP contribution in [0.5, 0.6) is 0 Å². The van der Waals surface area contributed by atoms with E-state index in [1.165, 1.54) is 23.3 Å². The fourth-order valence-electron chi connectivity index (χ4n) is 4.79. The van der Waals surface area contributed by atoms with Gasteiger partial charge in [-0.25, -0.2) is 0 Å². The number of carbonyl (C=O) groups excluding carboxylic acids is 1. The average molecular weight is 417 g/mol. The zero-order chi connectivity index (χ0) is 21.2. The van der Waals surface area contributed by atoms with Crippen molar-refractivity contribution in [2.24, 2.45) is 0 Å². The number of aryl methyl sites for hydroxylation is 1. The van der Waals surface area contributed by atoms with Gasteiger partial charge in [0, 0.05) is 55.4 Å². The molecule has 0 atom stereocenters. The average Bonchev–Trinajstić information content (AvgIpc) is 3.32. The molecule has 6 nitrogen and oxygen atoms in total. The molecule has 160 valence electrons. The van der Waals surface area contributed by atoms with Crippen LogP contribution in [0.15, 0.2) is 48.5 Å². The van der Waals surface area contributed by atoms with E-state index in [0.29, 0.717) is 12.5 Å². The van der Waals surface area contributed by atoms with E-state index in [1.54, 1.807) is 0 Å². The topological polar surface area (TPSA) is 53.8 Å². The molecule has 2 aliphatic heterocycles. The predicted molar refractivity (Wildman–Crippen MR) is 123 cm³/mol. The summed E-state index contributed by atoms with van der Waals surface area (Å²) in [5.74, 6) is 1.21. The number of carbonyl (C=O) groups is 1. The summed E-state index contributed by atoms with van der Waals surface area (Å²) in [5.41, 5.74) is 3.24. The summed E-state index contributed by atoms with van der Waals surface area (Å²) in [5, 5.41) is 11.5. The van der Waals surface area contributed by atoms with Crippen molar-refractivity contribution in [1.29, 1.82) is 0 Å². The fraction of sp³-hybridized carbons (Fsp3) is 0.400. The number of quaternary nitrogens is 1. The Kier molecular flexibility index (Phi) is 5.55. The summed E-state index contributed by atoms with van der Waals surface area (Å²) >= 11 is 0. The molecule has 0 spiro atoms. The maximum atomic E-state index is 12.7. The number of fused-ring (bicyclic) bond motifs is 1. The number of likely N-dealkylation sites (tertiary alicyclic amines) is 1. The molecule has 2 aromatic carbocycles. The third kappa shape index (κ3) is 4.12. The van der Waals surface area contributed by atoms with Crippen LogP contribution in [0, 0.1) is 6.92 Å². The van der Waals surface area contributed by atoms with Crippen LogP contribution in [-0.2, 0) is 4.79 Å². The minimum Gasteiger partial charge on any atom is -0.351 e. The van der Waals surface area contributed by atoms with Crippen molar-refractivity contribution >= 4 is 22.5 Å². The van der Waals surface area contributed by atoms with E-state index < -0.39 is 0 Å². The Bertz CT molecular complexity index is 1070. The monoisotopic (exact) mass is 416 g/mol. The summed E-state index contributed by atoms with van der Waals surface area (Å²) in [6.07, 6.45) is 2.50. The van der Waals surface area contributed by atoms with Gasteiger partial charge in [-0.15, -0.1) is 10.2 Å². The van der Waals surface area contributed by atoms with E-state index in [9.17, 15) is 4.79 Å². The molecule has 2 aliphatic rings. The summed E-state index contributed by atoms with van der Waals surface area (Å²) in [6.45, 7) is 8.11. The van der Waals surface area contributed by atoms with Gasteiger partial charge in [0.05, 0.1) is 13.1 Å². The van der Waals surface area contributed by atoms with E-state index in [4.69, 9.17) is 0 Å². The number of nitrogens with one attached hydrogen (secondary N) is 1. The number of anilines is 1. The van der Waals surface area contributed by atoms with Crippen LogP contribution in [0.3, 0.4) is 0 Å². The second kappa shape index (κ2) is 8.63. The molecule has 2 fully saturated rings. The molecule has 3 aromatic rings. The fourth-order valence-corrected chi connectivity index (χ4v) is 4.79. The van der Waals surface area contributed by atoms with Crippen LogP contribution < -0.4 is 9.80 Å². The largest absolute Gasteiger partial charge is 0.351 e. The first kappa shape index (κ1) is 19.9. The van der Waals surface area contributed by atoms with Crippen LogP contribution in [0.25, 0.3) is 22.0 Å². The van der Waals surface area contributed by atoms with Gasteiger partial charge >= 0.3 is 0 Å². The molecule has 0 saturated carbocycles. The molecule has 0 aliphatic carbocycles. The SMILES string of the molecule is Cc1ccc(-c2nnc(N3CCN(C(=O)C[NH+]4CCCC4)CC3)c3ccccc23)cc1. The van der Waals surface area contributed by atoms with Gasteiger partial charge in [-0.3, -0.25) is 4.79 Å². The number of amides is 1. The lowest BCUT2D eigenvalue weighted by molar-refractivity contribution is -0.879. The molecular formula is C25H30N5O+. The highest BCUT2D eigenvalue weighted by Gasteiger charge is 2.27. The minimum atomic E-state index is 0.294. The van der Waals surface area contributed by atoms with Gasteiger partial charge in [-0.05, 0) is 6.92 Å². The number of benzene rings is 2. The van der Waals surface area contributed by atoms with E-state index in [2.05, 4.69) is 70.6 Å². The quantitative estimate of drug-likeness (QED) is 0.706. The Morgan fingerprint density at radius 2 is 1.58 bits per heavy atom. The minimum absolute atomic E-state index is 0.294. The third-order valence-electron chi connectivity index (χ3n) is 6.64. The zero-order valence-corrected chi connectivity index (χ0v) is 18.2. The molecule has 1 N–H and O–H groups in total. The van der Waals surface area contributed by atoms with Crippen molar-refractivity contribution in [3.8, 4) is 11.3 Å². The number of rotatable bonds is 4. The van der Waals surface area contributed by atoms with Crippen LogP contribution in [-0.4, -0.2) is 66.8 Å². The Labute approximate surface area is 183 Å². The maximum absolute atomic E-state index is 12.7. The van der Waals surface area contributed by atoms with Crippen LogP contribution >= 0.6 is 0 Å². The Hall–Kier alpha value is -2.99. The van der Waals surface area contributed by atoms with Crippen LogP contribution in [0.4, 0.5) is 5.82 Å². The molecule has 31 heavy (non-hydrogen) atoms. The highest BCUT2D eigenvalue weighted by Crippen LogP contribution is 2.31. The zero-order valence-electron chi connectivity index (χ0n) is 18.2. The normalized spacial score (nSPS) is 17.5. The Morgan fingerprint density at radius 3 is 2.29 bits per heavy atom. The molecule has 0 bridgehead atoms. The predicted octanol–water partition coefficient (Wildman–Crippen LogP) is 1.93. The summed E-state index contributed by atoms with van der Waals surface area (Å²) in [6, 6.07) is 16.8. The molecule has 1 aromatic heterocycles. The first-order valence-electron chi connectivity index (χ1n) is 11.4. The van der Waals surface area contributed by atoms with Gasteiger partial charge in [-0.2, -0.15) is 0 Å². The first-order valence-corrected chi connectivity index (χ1v) is 11.4. The lowest BCUT2D eigenvalue weighted by Crippen LogP contribution is -3.11. The molecule has 2 saturated heterocycles. The van der Waals surface area contributed by atoms with Gasteiger partial charge in [0.15, 0.2) is 12.4 Å². The van der Waals surface area contributed by atoms with Crippen LogP contribution in [0.1, 0.15) is 18.4 Å². The third-order valence-corrected chi connectivity index (χ3v) is 6.64. The van der Waals surface area contributed by atoms with Crippen molar-refractivity contribution in [2.75, 3.05) is 50.7 Å². The van der Waals surface area contributed by atoms with Gasteiger partial charge in [0.1, 0.15) is 5.69 Å². The smallest absolute Gasteiger partial charge is 0.277 e. The number of nitrogens with zero attached hydrogens (tertiary/aromatic N) is 4. The van der Waals surface area contributed by atoms with Gasteiger partial charge in [0.25, 0.3) is 5.91 Å². The second-order valence-electron chi connectivity index (χ2n) is 8.79. The Balaban J connectivity index is 1.35. The molecule has 0 unspecified atom stereocenters. The van der Waals surface area contributed by atoms with Crippen molar-refractivity contribution in [1.82, 2.24) is 15.1 Å². The molecule has 3 heterocycles. The molecular weight excluding hydrogens is 386 g/mol. The van der Waals surface area contributed by atoms with Crippen molar-refractivity contribution in [3.05, 3.63) is 54.1 Å². The van der Waals surface area contributed by atoms with E-state index >= 15 is 0 Å². The number of hydrogen-bond donors (Lipinski definition) is 1. The standard InChI is InChI=1S/C25H29N5O/c1-19-8-10-20(11-9-19)24-21-6-2-3-7-22(21)25(27-26-24)30-16-14-29(15-17-30)23(31)18-28-12-4-5-13-28/h2-3,6-11H,4-5,12-18H2,1H3/p+1. The molecule has 1 amide bonds. The highest BCUT2D eigenvalue weighted by molar-refractivity contribution is 6.00. The number of piperazine rings is 1. The Morgan fingerprint density at radius 1 is 0.903 bits per heavy atom. The number of hydrogen-bond acceptors (Lipinski definition) is 4. The van der Waals surface area contributed by atoms with Crippen molar-refractivity contribution in [3.63, 3.8) is 0 Å². The second-order valence-corrected chi connectivity index (χ2v) is 8.79. The lowest BCUT2D eigenvalue weighted by atomic mass is 10.0. The van der Waals surface area contributed by atoms with Crippen LogP contribution in [0.2, 0.25) is 0 Å². The van der Waals surface area contributed by atoms with Crippen molar-refractivity contribution < 1.29 is 9.69 Å². The van der Waals surface area contributed by atoms with E-state index in [0.717, 1.165) is 67.1 Å². The van der Waals surface area contributed by atoms with Gasteiger partial charge < -0.3 is 14.7 Å². The molecule has 5 rings (SSSR count). The van der Waals surface area contributed by atoms with Gasteiger partial charge in [0.2, 0.25) is 0 Å². The summed E-state index contributed by atoms with van der Waals surface area (Å²) in [7, 11) is 0. The van der Waals surface area contributed by atoms with Gasteiger partial charge in [-0.1, -0.05) is 54.1 Å². The summed E-state index contributed by atoms with van der Waals surface area (Å²) < 4.78 is 0. The summed E-state index contributed by atoms with van der Waals surface area (Å²) in [4.78, 5) is 18.4. The first-order chi connectivity index (χ1) is 15.2. The molecule has 6 heteroatoms. The lowest BCUT2D eigenvalue weighted by Gasteiger charge is -2.35. The number of aromatic nitrogens is 2. The van der Waals surface area contributed by atoms with Crippen molar-refractivity contribution in [2.45, 2.75) is 19.8 Å². The highest BCUT2D eigenvalue weighted by atomic mass is 16.2. The molecule has 0 radical (unpaired) electrons. The van der Waals surface area contributed by atoms with E-state index in [-0.39, 0.29) is 0 Å². The maximum Gasteiger partial charge on any atom is 0.277 e. The van der Waals surface area contributed by atoms with E-state index in [1.807, 2.05) is 4.90 Å².